The number of furan rings is 1. The van der Waals surface area contributed by atoms with Gasteiger partial charge in [-0.25, -0.2) is 0 Å². The molecule has 0 amide bonds. The molecule has 2 nitrogen and oxygen atoms in total. The Morgan fingerprint density at radius 2 is 0.947 bits per heavy atom. The van der Waals surface area contributed by atoms with Crippen LogP contribution >= 0.6 is 0 Å². The van der Waals surface area contributed by atoms with Gasteiger partial charge in [0, 0.05) is 33.1 Å². The van der Waals surface area contributed by atoms with Crippen LogP contribution in [-0.2, 0) is 5.41 Å². The number of hydrogen-bond acceptors (Lipinski definition) is 2. The second-order valence-corrected chi connectivity index (χ2v) is 16.0. The van der Waals surface area contributed by atoms with Crippen LogP contribution in [0.2, 0.25) is 0 Å². The second-order valence-electron chi connectivity index (χ2n) is 16.0. The SMILES string of the molecule is CC1(C)c2ccccc2-c2c(N(c3ccc(-c4ccc5oc6ccccc6c5c4)cc3)c3ccc(-c4ccc5c6c(cccc46)-c4ccccc4-5)cc3)cccc21. The molecule has 0 atom stereocenters. The van der Waals surface area contributed by atoms with Crippen molar-refractivity contribution in [1.29, 1.82) is 0 Å². The third-order valence-electron chi connectivity index (χ3n) is 12.6. The van der Waals surface area contributed by atoms with Crippen LogP contribution in [0.1, 0.15) is 25.0 Å². The molecule has 9 aromatic carbocycles. The molecule has 2 aliphatic carbocycles. The lowest BCUT2D eigenvalue weighted by atomic mass is 9.82. The molecule has 2 aliphatic rings. The van der Waals surface area contributed by atoms with E-state index in [1.54, 1.807) is 0 Å². The van der Waals surface area contributed by atoms with Gasteiger partial charge in [-0.05, 0) is 121 Å². The summed E-state index contributed by atoms with van der Waals surface area (Å²) in [6, 6.07) is 69.0. The smallest absolute Gasteiger partial charge is 0.135 e. The maximum absolute atomic E-state index is 6.15. The second kappa shape index (κ2) is 11.9. The fraction of sp³-hybridized carbons (Fsp3) is 0.0545. The zero-order chi connectivity index (χ0) is 37.8. The van der Waals surface area contributed by atoms with Gasteiger partial charge in [0.25, 0.3) is 0 Å². The van der Waals surface area contributed by atoms with Crippen molar-refractivity contribution in [3.63, 3.8) is 0 Å². The Hall–Kier alpha value is -7.16. The minimum Gasteiger partial charge on any atom is -0.456 e. The number of rotatable bonds is 5. The minimum atomic E-state index is -0.105. The molecule has 1 heterocycles. The lowest BCUT2D eigenvalue weighted by Crippen LogP contribution is -2.16. The van der Waals surface area contributed by atoms with E-state index in [2.05, 4.69) is 195 Å². The van der Waals surface area contributed by atoms with Gasteiger partial charge in [-0.15, -0.1) is 0 Å². The molecule has 0 saturated heterocycles. The molecule has 0 fully saturated rings. The summed E-state index contributed by atoms with van der Waals surface area (Å²) in [6.07, 6.45) is 0. The van der Waals surface area contributed by atoms with Gasteiger partial charge in [0.05, 0.1) is 5.69 Å². The minimum absolute atomic E-state index is 0.105. The molecule has 2 heteroatoms. The molecule has 0 radical (unpaired) electrons. The summed E-state index contributed by atoms with van der Waals surface area (Å²) in [6.45, 7) is 4.71. The fourth-order valence-corrected chi connectivity index (χ4v) is 9.91. The molecule has 1 aromatic heterocycles. The van der Waals surface area contributed by atoms with Crippen molar-refractivity contribution in [2.75, 3.05) is 4.90 Å². The molecule has 0 saturated carbocycles. The Morgan fingerprint density at radius 3 is 1.74 bits per heavy atom. The number of benzene rings is 9. The zero-order valence-corrected chi connectivity index (χ0v) is 31.8. The van der Waals surface area contributed by atoms with Crippen LogP contribution in [0.4, 0.5) is 17.1 Å². The summed E-state index contributed by atoms with van der Waals surface area (Å²) in [5, 5.41) is 4.93. The van der Waals surface area contributed by atoms with Gasteiger partial charge in [-0.3, -0.25) is 0 Å². The number of anilines is 3. The van der Waals surface area contributed by atoms with E-state index in [9.17, 15) is 0 Å². The summed E-state index contributed by atoms with van der Waals surface area (Å²) < 4.78 is 6.15. The molecular formula is C55H37NO. The van der Waals surface area contributed by atoms with Gasteiger partial charge in [0.2, 0.25) is 0 Å². The highest BCUT2D eigenvalue weighted by molar-refractivity contribution is 6.18. The van der Waals surface area contributed by atoms with Crippen LogP contribution in [0.25, 0.3) is 88.3 Å². The van der Waals surface area contributed by atoms with Crippen LogP contribution in [0.5, 0.6) is 0 Å². The molecule has 0 unspecified atom stereocenters. The molecule has 57 heavy (non-hydrogen) atoms. The molecular weight excluding hydrogens is 691 g/mol. The highest BCUT2D eigenvalue weighted by Gasteiger charge is 2.37. The first-order valence-corrected chi connectivity index (χ1v) is 19.8. The average Bonchev–Trinajstić information content (AvgIpc) is 3.88. The van der Waals surface area contributed by atoms with E-state index in [4.69, 9.17) is 4.42 Å². The van der Waals surface area contributed by atoms with E-state index in [-0.39, 0.29) is 5.41 Å². The number of hydrogen-bond donors (Lipinski definition) is 0. The monoisotopic (exact) mass is 727 g/mol. The maximum atomic E-state index is 6.15. The van der Waals surface area contributed by atoms with Gasteiger partial charge >= 0.3 is 0 Å². The predicted octanol–water partition coefficient (Wildman–Crippen LogP) is 15.5. The van der Waals surface area contributed by atoms with Gasteiger partial charge in [-0.2, -0.15) is 0 Å². The third-order valence-corrected chi connectivity index (χ3v) is 12.6. The van der Waals surface area contributed by atoms with E-state index in [1.807, 2.05) is 12.1 Å². The van der Waals surface area contributed by atoms with Gasteiger partial charge in [0.1, 0.15) is 11.2 Å². The van der Waals surface area contributed by atoms with E-state index in [1.165, 1.54) is 83.2 Å². The highest BCUT2D eigenvalue weighted by Crippen LogP contribution is 2.55. The Bertz CT molecular complexity index is 3230. The molecule has 0 N–H and O–H groups in total. The summed E-state index contributed by atoms with van der Waals surface area (Å²) in [5.41, 5.74) is 20.6. The third kappa shape index (κ3) is 4.65. The Kier molecular flexibility index (Phi) is 6.72. The van der Waals surface area contributed by atoms with Crippen LogP contribution < -0.4 is 4.90 Å². The van der Waals surface area contributed by atoms with Crippen molar-refractivity contribution in [1.82, 2.24) is 0 Å². The first-order chi connectivity index (χ1) is 28.0. The van der Waals surface area contributed by atoms with Gasteiger partial charge < -0.3 is 9.32 Å². The van der Waals surface area contributed by atoms with Crippen LogP contribution in [0.3, 0.4) is 0 Å². The molecule has 0 aliphatic heterocycles. The Morgan fingerprint density at radius 1 is 0.386 bits per heavy atom. The quantitative estimate of drug-likeness (QED) is 0.175. The summed E-state index contributed by atoms with van der Waals surface area (Å²) in [5.74, 6) is 0. The van der Waals surface area contributed by atoms with Gasteiger partial charge in [0.15, 0.2) is 0 Å². The lowest BCUT2D eigenvalue weighted by molar-refractivity contribution is 0.660. The fourth-order valence-electron chi connectivity index (χ4n) is 9.91. The van der Waals surface area contributed by atoms with Gasteiger partial charge in [-0.1, -0.05) is 153 Å². The number of fused-ring (bicyclic) bond motifs is 9. The zero-order valence-electron chi connectivity index (χ0n) is 31.8. The van der Waals surface area contributed by atoms with E-state index in [0.717, 1.165) is 33.3 Å². The van der Waals surface area contributed by atoms with Crippen LogP contribution in [-0.4, -0.2) is 0 Å². The highest BCUT2D eigenvalue weighted by atomic mass is 16.3. The van der Waals surface area contributed by atoms with Crippen molar-refractivity contribution >= 4 is 49.8 Å². The van der Waals surface area contributed by atoms with Crippen molar-refractivity contribution in [3.8, 4) is 55.6 Å². The standard InChI is InChI=1S/C55H37NO/c1-55(2)48-17-7-5-14-46(48)54-49(55)18-10-19-50(54)56(37-26-21-34(22-27-37)36-25-32-52-47(33-36)42-13-6-8-20-51(42)57-52)38-28-23-35(24-29-38)39-30-31-45-41-12-4-3-11-40(41)44-16-9-15-43(39)53(44)45/h3-33H,1-2H3. The summed E-state index contributed by atoms with van der Waals surface area (Å²) >= 11 is 0. The Balaban J connectivity index is 0.994. The first kappa shape index (κ1) is 32.1. The van der Waals surface area contributed by atoms with Crippen LogP contribution in [0, 0.1) is 0 Å². The number of para-hydroxylation sites is 1. The summed E-state index contributed by atoms with van der Waals surface area (Å²) in [4.78, 5) is 2.45. The predicted molar refractivity (Wildman–Crippen MR) is 239 cm³/mol. The molecule has 0 spiro atoms. The normalized spacial score (nSPS) is 13.2. The molecule has 10 aromatic rings. The topological polar surface area (TPSA) is 16.4 Å². The van der Waals surface area contributed by atoms with Crippen molar-refractivity contribution in [3.05, 3.63) is 199 Å². The largest absolute Gasteiger partial charge is 0.456 e. The first-order valence-electron chi connectivity index (χ1n) is 19.8. The Labute approximate surface area is 331 Å². The summed E-state index contributed by atoms with van der Waals surface area (Å²) in [7, 11) is 0. The van der Waals surface area contributed by atoms with E-state index < -0.39 is 0 Å². The van der Waals surface area contributed by atoms with Crippen molar-refractivity contribution in [2.45, 2.75) is 19.3 Å². The van der Waals surface area contributed by atoms with Crippen LogP contribution in [0.15, 0.2) is 192 Å². The lowest BCUT2D eigenvalue weighted by Gasteiger charge is -2.29. The number of nitrogens with zero attached hydrogens (tertiary/aromatic N) is 1. The average molecular weight is 728 g/mol. The van der Waals surface area contributed by atoms with E-state index in [0.29, 0.717) is 0 Å². The van der Waals surface area contributed by atoms with Crippen molar-refractivity contribution in [2.24, 2.45) is 0 Å². The molecule has 12 rings (SSSR count). The maximum Gasteiger partial charge on any atom is 0.135 e. The molecule has 268 valence electrons. The molecule has 0 bridgehead atoms. The van der Waals surface area contributed by atoms with Crippen molar-refractivity contribution < 1.29 is 4.42 Å². The van der Waals surface area contributed by atoms with E-state index >= 15 is 0 Å².